The van der Waals surface area contributed by atoms with Crippen LogP contribution in [0.4, 0.5) is 15.8 Å². The molecule has 0 spiro atoms. The lowest BCUT2D eigenvalue weighted by atomic mass is 10.0. The number of halogens is 1. The maximum absolute atomic E-state index is 14.8. The van der Waals surface area contributed by atoms with Gasteiger partial charge in [-0.3, -0.25) is 9.59 Å². The number of hydrogen-bond acceptors (Lipinski definition) is 4. The number of benzene rings is 4. The van der Waals surface area contributed by atoms with Gasteiger partial charge in [-0.1, -0.05) is 60.7 Å². The Balaban J connectivity index is 1.76. The van der Waals surface area contributed by atoms with Crippen molar-refractivity contribution in [3.8, 4) is 5.75 Å². The third kappa shape index (κ3) is 7.02. The van der Waals surface area contributed by atoms with Crippen molar-refractivity contribution >= 4 is 23.2 Å². The first-order valence-corrected chi connectivity index (χ1v) is 12.6. The first-order valence-electron chi connectivity index (χ1n) is 12.6. The molecule has 0 saturated heterocycles. The Kier molecular flexibility index (Phi) is 8.94. The van der Waals surface area contributed by atoms with E-state index in [1.165, 1.54) is 18.1 Å². The van der Waals surface area contributed by atoms with Crippen molar-refractivity contribution < 1.29 is 18.7 Å². The molecule has 0 bridgehead atoms. The summed E-state index contributed by atoms with van der Waals surface area (Å²) in [6.07, 6.45) is 0.0561. The summed E-state index contributed by atoms with van der Waals surface area (Å²) in [7, 11) is 5.41. The lowest BCUT2D eigenvalue weighted by Gasteiger charge is -2.32. The number of anilines is 2. The van der Waals surface area contributed by atoms with Gasteiger partial charge in [-0.2, -0.15) is 0 Å². The highest BCUT2D eigenvalue weighted by molar-refractivity contribution is 5.98. The second kappa shape index (κ2) is 12.7. The molecule has 0 fully saturated rings. The van der Waals surface area contributed by atoms with Gasteiger partial charge in [-0.05, 0) is 53.6 Å². The van der Waals surface area contributed by atoms with Gasteiger partial charge >= 0.3 is 0 Å². The van der Waals surface area contributed by atoms with Crippen LogP contribution >= 0.6 is 0 Å². The normalized spacial score (nSPS) is 11.4. The summed E-state index contributed by atoms with van der Waals surface area (Å²) in [5.74, 6) is -0.630. The minimum absolute atomic E-state index is 0.0561. The Morgan fingerprint density at radius 2 is 1.56 bits per heavy atom. The predicted molar refractivity (Wildman–Crippen MR) is 152 cm³/mol. The van der Waals surface area contributed by atoms with Gasteiger partial charge in [0.15, 0.2) is 0 Å². The molecule has 0 aliphatic rings. The molecule has 4 aromatic carbocycles. The maximum Gasteiger partial charge on any atom is 0.251 e. The molecular formula is C32H32FN3O3. The smallest absolute Gasteiger partial charge is 0.251 e. The third-order valence-electron chi connectivity index (χ3n) is 6.44. The van der Waals surface area contributed by atoms with Crippen molar-refractivity contribution in [1.82, 2.24) is 4.90 Å². The molecule has 0 aliphatic heterocycles. The SMILES string of the molecule is COc1cccc([C@H](C(=O)Nc2ccc(N(C)C)cc2)N(Cc2ccccc2F)C(=O)Cc2ccccc2)c1. The summed E-state index contributed by atoms with van der Waals surface area (Å²) in [6, 6.07) is 29.0. The van der Waals surface area contributed by atoms with E-state index in [2.05, 4.69) is 5.32 Å². The van der Waals surface area contributed by atoms with E-state index in [1.54, 1.807) is 42.5 Å². The molecule has 1 N–H and O–H groups in total. The van der Waals surface area contributed by atoms with Crippen LogP contribution < -0.4 is 15.0 Å². The molecule has 0 unspecified atom stereocenters. The second-order valence-corrected chi connectivity index (χ2v) is 9.39. The molecule has 0 aliphatic carbocycles. The average molecular weight is 526 g/mol. The fraction of sp³-hybridized carbons (Fsp3) is 0.188. The number of amides is 2. The molecule has 39 heavy (non-hydrogen) atoms. The number of hydrogen-bond donors (Lipinski definition) is 1. The third-order valence-corrected chi connectivity index (χ3v) is 6.44. The van der Waals surface area contributed by atoms with E-state index in [9.17, 15) is 14.0 Å². The van der Waals surface area contributed by atoms with Gasteiger partial charge in [0.1, 0.15) is 17.6 Å². The van der Waals surface area contributed by atoms with Crippen LogP contribution in [0.2, 0.25) is 0 Å². The minimum atomic E-state index is -1.05. The molecule has 0 radical (unpaired) electrons. The van der Waals surface area contributed by atoms with Crippen LogP contribution in [-0.4, -0.2) is 37.9 Å². The number of carbonyl (C=O) groups is 2. The molecule has 1 atom stereocenters. The Morgan fingerprint density at radius 1 is 0.872 bits per heavy atom. The summed E-state index contributed by atoms with van der Waals surface area (Å²) in [5.41, 5.74) is 3.23. The molecule has 6 nitrogen and oxygen atoms in total. The first kappa shape index (κ1) is 27.4. The van der Waals surface area contributed by atoms with Crippen molar-refractivity contribution in [3.05, 3.63) is 126 Å². The average Bonchev–Trinajstić information content (AvgIpc) is 2.94. The molecule has 0 heterocycles. The molecule has 4 aromatic rings. The maximum atomic E-state index is 14.8. The van der Waals surface area contributed by atoms with Crippen LogP contribution in [0.15, 0.2) is 103 Å². The zero-order valence-electron chi connectivity index (χ0n) is 22.3. The molecule has 4 rings (SSSR count). The summed E-state index contributed by atoms with van der Waals surface area (Å²) < 4.78 is 20.2. The lowest BCUT2D eigenvalue weighted by Crippen LogP contribution is -2.41. The predicted octanol–water partition coefficient (Wildman–Crippen LogP) is 5.85. The number of rotatable bonds is 10. The van der Waals surface area contributed by atoms with E-state index < -0.39 is 17.8 Å². The number of methoxy groups -OCH3 is 1. The number of ether oxygens (including phenoxy) is 1. The summed E-state index contributed by atoms with van der Waals surface area (Å²) in [4.78, 5) is 31.2. The van der Waals surface area contributed by atoms with Crippen molar-refractivity contribution in [2.45, 2.75) is 19.0 Å². The van der Waals surface area contributed by atoms with E-state index in [-0.39, 0.29) is 18.9 Å². The van der Waals surface area contributed by atoms with E-state index in [4.69, 9.17) is 4.74 Å². The van der Waals surface area contributed by atoms with Gasteiger partial charge in [0.25, 0.3) is 5.91 Å². The zero-order chi connectivity index (χ0) is 27.8. The van der Waals surface area contributed by atoms with Gasteiger partial charge in [-0.25, -0.2) is 4.39 Å². The summed E-state index contributed by atoms with van der Waals surface area (Å²) in [5, 5.41) is 2.96. The molecule has 0 aromatic heterocycles. The molecule has 200 valence electrons. The Bertz CT molecular complexity index is 1410. The Hall–Kier alpha value is -4.65. The van der Waals surface area contributed by atoms with E-state index >= 15 is 0 Å². The van der Waals surface area contributed by atoms with Gasteiger partial charge in [0.05, 0.1) is 13.5 Å². The number of nitrogens with one attached hydrogen (secondary N) is 1. The molecule has 0 saturated carbocycles. The van der Waals surface area contributed by atoms with Gasteiger partial charge < -0.3 is 19.9 Å². The van der Waals surface area contributed by atoms with Crippen LogP contribution in [0, 0.1) is 5.82 Å². The van der Waals surface area contributed by atoms with Crippen molar-refractivity contribution in [2.24, 2.45) is 0 Å². The van der Waals surface area contributed by atoms with Crippen molar-refractivity contribution in [1.29, 1.82) is 0 Å². The van der Waals surface area contributed by atoms with Crippen LogP contribution in [0.25, 0.3) is 0 Å². The standard InChI is InChI=1S/C32H32FN3O3/c1-35(2)27-18-16-26(17-19-27)34-32(38)31(24-13-9-14-28(21-24)39-3)36(22-25-12-7-8-15-29(25)33)30(37)20-23-10-5-4-6-11-23/h4-19,21,31H,20,22H2,1-3H3,(H,34,38)/t31-/m1/s1. The molecule has 7 heteroatoms. The fourth-order valence-corrected chi connectivity index (χ4v) is 4.34. The van der Waals surface area contributed by atoms with Gasteiger partial charge in [0.2, 0.25) is 5.91 Å². The Morgan fingerprint density at radius 3 is 2.23 bits per heavy atom. The largest absolute Gasteiger partial charge is 0.497 e. The quantitative estimate of drug-likeness (QED) is 0.282. The molecular weight excluding hydrogens is 493 g/mol. The number of carbonyl (C=O) groups excluding carboxylic acids is 2. The first-order chi connectivity index (χ1) is 18.9. The summed E-state index contributed by atoms with van der Waals surface area (Å²) in [6.45, 7) is -0.0901. The van der Waals surface area contributed by atoms with Crippen LogP contribution in [-0.2, 0) is 22.6 Å². The van der Waals surface area contributed by atoms with Gasteiger partial charge in [-0.15, -0.1) is 0 Å². The molecule has 2 amide bonds. The van der Waals surface area contributed by atoms with Crippen LogP contribution in [0.5, 0.6) is 5.75 Å². The Labute approximate surface area is 228 Å². The highest BCUT2D eigenvalue weighted by atomic mass is 19.1. The highest BCUT2D eigenvalue weighted by Crippen LogP contribution is 2.29. The van der Waals surface area contributed by atoms with Crippen LogP contribution in [0.1, 0.15) is 22.7 Å². The lowest BCUT2D eigenvalue weighted by molar-refractivity contribution is -0.139. The fourth-order valence-electron chi connectivity index (χ4n) is 4.34. The van der Waals surface area contributed by atoms with Crippen molar-refractivity contribution in [3.63, 3.8) is 0 Å². The highest BCUT2D eigenvalue weighted by Gasteiger charge is 2.32. The van der Waals surface area contributed by atoms with E-state index in [1.807, 2.05) is 73.6 Å². The number of nitrogens with zero attached hydrogens (tertiary/aromatic N) is 2. The minimum Gasteiger partial charge on any atom is -0.497 e. The van der Waals surface area contributed by atoms with Gasteiger partial charge in [0, 0.05) is 37.6 Å². The van der Waals surface area contributed by atoms with E-state index in [0.29, 0.717) is 22.6 Å². The van der Waals surface area contributed by atoms with Crippen molar-refractivity contribution in [2.75, 3.05) is 31.4 Å². The topological polar surface area (TPSA) is 61.9 Å². The van der Waals surface area contributed by atoms with Crippen LogP contribution in [0.3, 0.4) is 0 Å². The van der Waals surface area contributed by atoms with E-state index in [0.717, 1.165) is 11.3 Å². The second-order valence-electron chi connectivity index (χ2n) is 9.39. The monoisotopic (exact) mass is 525 g/mol. The summed E-state index contributed by atoms with van der Waals surface area (Å²) >= 11 is 0. The zero-order valence-corrected chi connectivity index (χ0v) is 22.3.